The van der Waals surface area contributed by atoms with Crippen LogP contribution in [0.25, 0.3) is 0 Å². The molecule has 0 aromatic heterocycles. The normalized spacial score (nSPS) is 27.0. The first-order valence-electron chi connectivity index (χ1n) is 4.97. The van der Waals surface area contributed by atoms with Crippen molar-refractivity contribution in [1.82, 2.24) is 10.6 Å². The topological polar surface area (TPSA) is 45.7 Å². The van der Waals surface area contributed by atoms with Gasteiger partial charge in [0.2, 0.25) is 0 Å². The predicted octanol–water partition coefficient (Wildman–Crippen LogP) is 0.864. The maximum Gasteiger partial charge on any atom is 0.118 e. The van der Waals surface area contributed by atoms with Crippen LogP contribution in [-0.2, 0) is 4.74 Å². The first kappa shape index (κ1) is 11.2. The Labute approximate surface area is 85.4 Å². The molecular weight excluding hydrogens is 178 g/mol. The molecule has 0 saturated carbocycles. The highest BCUT2D eigenvalue weighted by atomic mass is 16.5. The molecule has 0 aromatic rings. The van der Waals surface area contributed by atoms with E-state index in [0.717, 1.165) is 26.1 Å². The zero-order chi connectivity index (χ0) is 10.4. The van der Waals surface area contributed by atoms with E-state index in [1.807, 2.05) is 6.92 Å². The standard InChI is InChI=1S/C10H19N3O/c1-4-11-9(2)12-6-5-10(3)13-7-8-14-10/h4,12-13H,2,5-8H2,1,3H3/b11-4-. The number of nitrogens with one attached hydrogen (secondary N) is 2. The van der Waals surface area contributed by atoms with Crippen LogP contribution in [0.1, 0.15) is 20.3 Å². The van der Waals surface area contributed by atoms with Crippen molar-refractivity contribution in [1.29, 1.82) is 0 Å². The van der Waals surface area contributed by atoms with Crippen LogP contribution in [0.4, 0.5) is 0 Å². The van der Waals surface area contributed by atoms with Crippen LogP contribution in [0, 0.1) is 0 Å². The summed E-state index contributed by atoms with van der Waals surface area (Å²) in [6.45, 7) is 10.2. The molecule has 0 radical (unpaired) electrons. The molecule has 4 nitrogen and oxygen atoms in total. The predicted molar refractivity (Wildman–Crippen MR) is 58.3 cm³/mol. The van der Waals surface area contributed by atoms with Crippen LogP contribution < -0.4 is 10.6 Å². The average Bonchev–Trinajstić information content (AvgIpc) is 2.53. The molecule has 14 heavy (non-hydrogen) atoms. The van der Waals surface area contributed by atoms with Gasteiger partial charge < -0.3 is 10.1 Å². The molecule has 1 atom stereocenters. The Balaban J connectivity index is 2.17. The summed E-state index contributed by atoms with van der Waals surface area (Å²) in [7, 11) is 0. The Hall–Kier alpha value is -0.870. The fourth-order valence-electron chi connectivity index (χ4n) is 1.45. The number of nitrogens with zero attached hydrogens (tertiary/aromatic N) is 1. The maximum absolute atomic E-state index is 5.56. The minimum absolute atomic E-state index is 0.177. The van der Waals surface area contributed by atoms with Gasteiger partial charge in [-0.05, 0) is 13.8 Å². The molecule has 0 aromatic carbocycles. The van der Waals surface area contributed by atoms with Gasteiger partial charge in [0.1, 0.15) is 11.5 Å². The second kappa shape index (κ2) is 5.12. The van der Waals surface area contributed by atoms with Crippen LogP contribution >= 0.6 is 0 Å². The van der Waals surface area contributed by atoms with Crippen LogP contribution in [-0.4, -0.2) is 31.6 Å². The Morgan fingerprint density at radius 3 is 3.14 bits per heavy atom. The van der Waals surface area contributed by atoms with E-state index < -0.39 is 0 Å². The Bertz CT molecular complexity index is 219. The zero-order valence-electron chi connectivity index (χ0n) is 8.97. The molecule has 1 unspecified atom stereocenters. The quantitative estimate of drug-likeness (QED) is 0.643. The number of aliphatic imine (C=N–C) groups is 1. The van der Waals surface area contributed by atoms with Gasteiger partial charge in [-0.15, -0.1) is 0 Å². The van der Waals surface area contributed by atoms with Gasteiger partial charge in [0, 0.05) is 25.7 Å². The minimum Gasteiger partial charge on any atom is -0.370 e. The lowest BCUT2D eigenvalue weighted by molar-refractivity contribution is 0.000381. The zero-order valence-corrected chi connectivity index (χ0v) is 8.97. The largest absolute Gasteiger partial charge is 0.370 e. The molecule has 0 amide bonds. The van der Waals surface area contributed by atoms with E-state index in [1.165, 1.54) is 0 Å². The lowest BCUT2D eigenvalue weighted by Gasteiger charge is -2.23. The second-order valence-electron chi connectivity index (χ2n) is 3.52. The van der Waals surface area contributed by atoms with Gasteiger partial charge in [-0.25, -0.2) is 4.99 Å². The first-order valence-corrected chi connectivity index (χ1v) is 4.97. The van der Waals surface area contributed by atoms with Crippen molar-refractivity contribution in [2.24, 2.45) is 4.99 Å². The van der Waals surface area contributed by atoms with E-state index in [-0.39, 0.29) is 5.72 Å². The minimum atomic E-state index is -0.177. The van der Waals surface area contributed by atoms with Gasteiger partial charge in [-0.3, -0.25) is 5.32 Å². The molecule has 1 fully saturated rings. The molecule has 0 aliphatic carbocycles. The van der Waals surface area contributed by atoms with Gasteiger partial charge in [-0.1, -0.05) is 6.58 Å². The third-order valence-electron chi connectivity index (χ3n) is 2.24. The molecule has 0 spiro atoms. The molecule has 1 aliphatic heterocycles. The van der Waals surface area contributed by atoms with Crippen molar-refractivity contribution < 1.29 is 4.74 Å². The molecule has 1 rings (SSSR count). The third-order valence-corrected chi connectivity index (χ3v) is 2.24. The number of hydrogen-bond acceptors (Lipinski definition) is 4. The van der Waals surface area contributed by atoms with Crippen LogP contribution in [0.3, 0.4) is 0 Å². The van der Waals surface area contributed by atoms with Crippen LogP contribution in [0.5, 0.6) is 0 Å². The maximum atomic E-state index is 5.56. The first-order chi connectivity index (χ1) is 6.66. The SMILES string of the molecule is C=C(/N=C\C)NCCC1(C)NCCO1. The molecule has 80 valence electrons. The average molecular weight is 197 g/mol. The highest BCUT2D eigenvalue weighted by Gasteiger charge is 2.28. The van der Waals surface area contributed by atoms with Crippen molar-refractivity contribution in [3.63, 3.8) is 0 Å². The van der Waals surface area contributed by atoms with Gasteiger partial charge in [0.15, 0.2) is 0 Å². The molecule has 4 heteroatoms. The van der Waals surface area contributed by atoms with Crippen molar-refractivity contribution in [2.45, 2.75) is 26.0 Å². The van der Waals surface area contributed by atoms with Crippen molar-refractivity contribution in [3.8, 4) is 0 Å². The summed E-state index contributed by atoms with van der Waals surface area (Å²) < 4.78 is 5.56. The molecule has 1 heterocycles. The van der Waals surface area contributed by atoms with Gasteiger partial charge in [-0.2, -0.15) is 0 Å². The number of ether oxygens (including phenoxy) is 1. The second-order valence-corrected chi connectivity index (χ2v) is 3.52. The highest BCUT2D eigenvalue weighted by Crippen LogP contribution is 2.14. The van der Waals surface area contributed by atoms with E-state index in [0.29, 0.717) is 5.82 Å². The smallest absolute Gasteiger partial charge is 0.118 e. The van der Waals surface area contributed by atoms with Crippen molar-refractivity contribution >= 4 is 6.21 Å². The Morgan fingerprint density at radius 2 is 2.57 bits per heavy atom. The fraction of sp³-hybridized carbons (Fsp3) is 0.700. The van der Waals surface area contributed by atoms with E-state index in [9.17, 15) is 0 Å². The summed E-state index contributed by atoms with van der Waals surface area (Å²) in [5.74, 6) is 0.703. The van der Waals surface area contributed by atoms with Gasteiger partial charge in [0.05, 0.1) is 6.61 Å². The molecule has 2 N–H and O–H groups in total. The monoisotopic (exact) mass is 197 g/mol. The van der Waals surface area contributed by atoms with Crippen LogP contribution in [0.2, 0.25) is 0 Å². The van der Waals surface area contributed by atoms with Gasteiger partial charge >= 0.3 is 0 Å². The van der Waals surface area contributed by atoms with Gasteiger partial charge in [0.25, 0.3) is 0 Å². The Kier molecular flexibility index (Phi) is 4.10. The fourth-order valence-corrected chi connectivity index (χ4v) is 1.45. The summed E-state index contributed by atoms with van der Waals surface area (Å²) in [5, 5.41) is 6.43. The van der Waals surface area contributed by atoms with E-state index >= 15 is 0 Å². The van der Waals surface area contributed by atoms with Crippen LogP contribution in [0.15, 0.2) is 17.4 Å². The third kappa shape index (κ3) is 3.47. The number of hydrogen-bond donors (Lipinski definition) is 2. The lowest BCUT2D eigenvalue weighted by atomic mass is 10.2. The summed E-state index contributed by atoms with van der Waals surface area (Å²) >= 11 is 0. The van der Waals surface area contributed by atoms with Crippen molar-refractivity contribution in [2.75, 3.05) is 19.7 Å². The summed E-state index contributed by atoms with van der Waals surface area (Å²) in [6, 6.07) is 0. The lowest BCUT2D eigenvalue weighted by Crippen LogP contribution is -2.40. The Morgan fingerprint density at radius 1 is 1.79 bits per heavy atom. The molecular formula is C10H19N3O. The molecule has 1 aliphatic rings. The summed E-state index contributed by atoms with van der Waals surface area (Å²) in [4.78, 5) is 4.02. The van der Waals surface area contributed by atoms with E-state index in [4.69, 9.17) is 4.74 Å². The summed E-state index contributed by atoms with van der Waals surface area (Å²) in [5.41, 5.74) is -0.177. The van der Waals surface area contributed by atoms with E-state index in [2.05, 4.69) is 29.1 Å². The highest BCUT2D eigenvalue weighted by molar-refractivity contribution is 5.54. The molecule has 1 saturated heterocycles. The molecule has 0 bridgehead atoms. The van der Waals surface area contributed by atoms with Crippen molar-refractivity contribution in [3.05, 3.63) is 12.4 Å². The van der Waals surface area contributed by atoms with E-state index in [1.54, 1.807) is 6.21 Å². The summed E-state index contributed by atoms with van der Waals surface area (Å²) in [6.07, 6.45) is 2.63. The number of rotatable bonds is 5.